The van der Waals surface area contributed by atoms with Crippen LogP contribution in [0.4, 0.5) is 8.78 Å². The lowest BCUT2D eigenvalue weighted by Crippen LogP contribution is -2.13. The SMILES string of the molecule is CNC(C)c1cc(F)c(C)cc1Oc1ccc(Br)c(F)c1. The molecule has 0 amide bonds. The highest BCUT2D eigenvalue weighted by atomic mass is 79.9. The summed E-state index contributed by atoms with van der Waals surface area (Å²) in [5.74, 6) is 0.180. The van der Waals surface area contributed by atoms with E-state index in [1.54, 1.807) is 32.2 Å². The van der Waals surface area contributed by atoms with Crippen LogP contribution in [0.3, 0.4) is 0 Å². The van der Waals surface area contributed by atoms with Crippen molar-refractivity contribution in [3.05, 3.63) is 57.6 Å². The van der Waals surface area contributed by atoms with E-state index in [9.17, 15) is 8.78 Å². The number of nitrogens with one attached hydrogen (secondary N) is 1. The van der Waals surface area contributed by atoms with Crippen LogP contribution in [0, 0.1) is 18.6 Å². The molecule has 0 bridgehead atoms. The zero-order chi connectivity index (χ0) is 15.6. The second-order valence-corrected chi connectivity index (χ2v) is 5.68. The number of rotatable bonds is 4. The van der Waals surface area contributed by atoms with Crippen molar-refractivity contribution >= 4 is 15.9 Å². The quantitative estimate of drug-likeness (QED) is 0.822. The number of ether oxygens (including phenoxy) is 1. The highest BCUT2D eigenvalue weighted by molar-refractivity contribution is 9.10. The van der Waals surface area contributed by atoms with Crippen molar-refractivity contribution in [1.29, 1.82) is 0 Å². The van der Waals surface area contributed by atoms with Crippen molar-refractivity contribution in [3.8, 4) is 11.5 Å². The van der Waals surface area contributed by atoms with Gasteiger partial charge in [-0.15, -0.1) is 0 Å². The van der Waals surface area contributed by atoms with E-state index in [1.165, 1.54) is 12.1 Å². The van der Waals surface area contributed by atoms with Crippen LogP contribution in [0.15, 0.2) is 34.8 Å². The van der Waals surface area contributed by atoms with Crippen molar-refractivity contribution in [2.75, 3.05) is 7.05 Å². The molecular weight excluding hydrogens is 340 g/mol. The molecule has 0 saturated heterocycles. The van der Waals surface area contributed by atoms with E-state index in [-0.39, 0.29) is 11.9 Å². The molecule has 2 rings (SSSR count). The van der Waals surface area contributed by atoms with Gasteiger partial charge in [0.15, 0.2) is 0 Å². The minimum absolute atomic E-state index is 0.0876. The second-order valence-electron chi connectivity index (χ2n) is 4.83. The fourth-order valence-corrected chi connectivity index (χ4v) is 2.17. The monoisotopic (exact) mass is 355 g/mol. The Kier molecular flexibility index (Phi) is 4.96. The largest absolute Gasteiger partial charge is 0.457 e. The van der Waals surface area contributed by atoms with Crippen molar-refractivity contribution in [2.45, 2.75) is 19.9 Å². The maximum Gasteiger partial charge on any atom is 0.141 e. The summed E-state index contributed by atoms with van der Waals surface area (Å²) in [6.45, 7) is 3.57. The highest BCUT2D eigenvalue weighted by Gasteiger charge is 2.15. The Hall–Kier alpha value is -1.46. The van der Waals surface area contributed by atoms with Gasteiger partial charge in [0.2, 0.25) is 0 Å². The van der Waals surface area contributed by atoms with E-state index >= 15 is 0 Å². The average Bonchev–Trinajstić information content (AvgIpc) is 2.45. The van der Waals surface area contributed by atoms with E-state index in [0.29, 0.717) is 27.1 Å². The molecule has 0 radical (unpaired) electrons. The molecule has 0 spiro atoms. The molecule has 21 heavy (non-hydrogen) atoms. The van der Waals surface area contributed by atoms with Gasteiger partial charge in [-0.05, 0) is 66.7 Å². The van der Waals surface area contributed by atoms with Gasteiger partial charge in [-0.1, -0.05) is 0 Å². The van der Waals surface area contributed by atoms with Gasteiger partial charge in [-0.2, -0.15) is 0 Å². The molecule has 0 heterocycles. The Balaban J connectivity index is 2.42. The van der Waals surface area contributed by atoms with Crippen molar-refractivity contribution in [3.63, 3.8) is 0 Å². The van der Waals surface area contributed by atoms with Gasteiger partial charge in [0.1, 0.15) is 23.1 Å². The smallest absolute Gasteiger partial charge is 0.141 e. The Morgan fingerprint density at radius 3 is 2.48 bits per heavy atom. The van der Waals surface area contributed by atoms with E-state index < -0.39 is 5.82 Å². The molecule has 2 aromatic rings. The third-order valence-corrected chi connectivity index (χ3v) is 3.95. The lowest BCUT2D eigenvalue weighted by Gasteiger charge is -2.17. The standard InChI is InChI=1S/C16H16BrF2NO/c1-9-6-16(12(8-14(9)18)10(2)20-3)21-11-4-5-13(17)15(19)7-11/h4-8,10,20H,1-3H3. The van der Waals surface area contributed by atoms with Crippen molar-refractivity contribution in [2.24, 2.45) is 0 Å². The van der Waals surface area contributed by atoms with Crippen LogP contribution in [-0.4, -0.2) is 7.05 Å². The number of benzene rings is 2. The summed E-state index contributed by atoms with van der Waals surface area (Å²) in [5, 5.41) is 3.05. The summed E-state index contributed by atoms with van der Waals surface area (Å²) in [5.41, 5.74) is 1.17. The Morgan fingerprint density at radius 1 is 1.14 bits per heavy atom. The molecule has 0 aliphatic rings. The van der Waals surface area contributed by atoms with E-state index in [0.717, 1.165) is 0 Å². The fraction of sp³-hybridized carbons (Fsp3) is 0.250. The summed E-state index contributed by atoms with van der Waals surface area (Å²) in [6.07, 6.45) is 0. The molecule has 0 aromatic heterocycles. The molecule has 0 aliphatic carbocycles. The van der Waals surface area contributed by atoms with Crippen LogP contribution >= 0.6 is 15.9 Å². The van der Waals surface area contributed by atoms with Crippen LogP contribution in [0.25, 0.3) is 0 Å². The first-order valence-electron chi connectivity index (χ1n) is 6.52. The summed E-state index contributed by atoms with van der Waals surface area (Å²) in [7, 11) is 1.78. The number of hydrogen-bond acceptors (Lipinski definition) is 2. The van der Waals surface area contributed by atoms with Crippen molar-refractivity contribution < 1.29 is 13.5 Å². The van der Waals surface area contributed by atoms with Crippen LogP contribution in [0.2, 0.25) is 0 Å². The molecule has 0 aliphatic heterocycles. The van der Waals surface area contributed by atoms with Gasteiger partial charge < -0.3 is 10.1 Å². The van der Waals surface area contributed by atoms with E-state index in [1.807, 2.05) is 6.92 Å². The van der Waals surface area contributed by atoms with Gasteiger partial charge in [-0.3, -0.25) is 0 Å². The third kappa shape index (κ3) is 3.60. The molecule has 1 atom stereocenters. The lowest BCUT2D eigenvalue weighted by molar-refractivity contribution is 0.457. The van der Waals surface area contributed by atoms with Crippen LogP contribution in [0.1, 0.15) is 24.1 Å². The van der Waals surface area contributed by atoms with Gasteiger partial charge in [-0.25, -0.2) is 8.78 Å². The van der Waals surface area contributed by atoms with Crippen LogP contribution < -0.4 is 10.1 Å². The van der Waals surface area contributed by atoms with Gasteiger partial charge in [0.25, 0.3) is 0 Å². The molecule has 0 saturated carbocycles. The first-order chi connectivity index (χ1) is 9.92. The predicted octanol–water partition coefficient (Wildman–Crippen LogP) is 5.11. The minimum atomic E-state index is -0.408. The fourth-order valence-electron chi connectivity index (χ4n) is 1.92. The molecule has 5 heteroatoms. The normalized spacial score (nSPS) is 12.3. The Bertz CT molecular complexity index is 661. The van der Waals surface area contributed by atoms with Crippen molar-refractivity contribution in [1.82, 2.24) is 5.32 Å². The average molecular weight is 356 g/mol. The predicted molar refractivity (Wildman–Crippen MR) is 82.8 cm³/mol. The summed E-state index contributed by atoms with van der Waals surface area (Å²) in [6, 6.07) is 7.49. The molecule has 1 unspecified atom stereocenters. The molecule has 2 aromatic carbocycles. The second kappa shape index (κ2) is 6.54. The van der Waals surface area contributed by atoms with Crippen LogP contribution in [-0.2, 0) is 0 Å². The summed E-state index contributed by atoms with van der Waals surface area (Å²) in [4.78, 5) is 0. The molecular formula is C16H16BrF2NO. The third-order valence-electron chi connectivity index (χ3n) is 3.31. The van der Waals surface area contributed by atoms with Crippen LogP contribution in [0.5, 0.6) is 11.5 Å². The number of aryl methyl sites for hydroxylation is 1. The molecule has 2 nitrogen and oxygen atoms in total. The van der Waals surface area contributed by atoms with E-state index in [2.05, 4.69) is 21.2 Å². The minimum Gasteiger partial charge on any atom is -0.457 e. The maximum atomic E-state index is 13.8. The molecule has 0 fully saturated rings. The summed E-state index contributed by atoms with van der Waals surface area (Å²) >= 11 is 3.09. The highest BCUT2D eigenvalue weighted by Crippen LogP contribution is 2.33. The lowest BCUT2D eigenvalue weighted by atomic mass is 10.0. The van der Waals surface area contributed by atoms with Gasteiger partial charge in [0.05, 0.1) is 4.47 Å². The van der Waals surface area contributed by atoms with Gasteiger partial charge in [0, 0.05) is 17.7 Å². The molecule has 112 valence electrons. The topological polar surface area (TPSA) is 21.3 Å². The summed E-state index contributed by atoms with van der Waals surface area (Å²) < 4.78 is 33.4. The number of hydrogen-bond donors (Lipinski definition) is 1. The zero-order valence-electron chi connectivity index (χ0n) is 12.0. The first-order valence-corrected chi connectivity index (χ1v) is 7.32. The maximum absolute atomic E-state index is 13.8. The first kappa shape index (κ1) is 15.9. The Morgan fingerprint density at radius 2 is 1.86 bits per heavy atom. The zero-order valence-corrected chi connectivity index (χ0v) is 13.6. The van der Waals surface area contributed by atoms with E-state index in [4.69, 9.17) is 4.74 Å². The molecule has 1 N–H and O–H groups in total. The Labute approximate surface area is 131 Å². The van der Waals surface area contributed by atoms with Gasteiger partial charge >= 0.3 is 0 Å². The number of halogens is 3.